The fourth-order valence-corrected chi connectivity index (χ4v) is 2.96. The number of hydrogen-bond acceptors (Lipinski definition) is 3. The Morgan fingerprint density at radius 2 is 2.05 bits per heavy atom. The Morgan fingerprint density at radius 1 is 1.35 bits per heavy atom. The third-order valence-electron chi connectivity index (χ3n) is 4.13. The average Bonchev–Trinajstić information content (AvgIpc) is 2.80. The first kappa shape index (κ1) is 13.3. The van der Waals surface area contributed by atoms with E-state index in [-0.39, 0.29) is 17.5 Å². The summed E-state index contributed by atoms with van der Waals surface area (Å²) in [7, 11) is 0. The fourth-order valence-electron chi connectivity index (χ4n) is 2.96. The van der Waals surface area contributed by atoms with Gasteiger partial charge in [0.2, 0.25) is 5.95 Å². The van der Waals surface area contributed by atoms with Gasteiger partial charge in [-0.25, -0.2) is 13.8 Å². The maximum Gasteiger partial charge on any atom is 0.201 e. The highest BCUT2D eigenvalue weighted by Gasteiger charge is 2.26. The minimum Gasteiger partial charge on any atom is -0.381 e. The third kappa shape index (κ3) is 2.04. The van der Waals surface area contributed by atoms with E-state index in [0.717, 1.165) is 18.9 Å². The summed E-state index contributed by atoms with van der Waals surface area (Å²) in [5, 5.41) is 0. The Balaban J connectivity index is 2.09. The lowest BCUT2D eigenvalue weighted by molar-refractivity contribution is 0.0521. The largest absolute Gasteiger partial charge is 0.381 e. The molecule has 2 aromatic rings. The molecular weight excluding hydrogens is 264 g/mol. The van der Waals surface area contributed by atoms with Gasteiger partial charge in [-0.1, -0.05) is 0 Å². The molecule has 0 radical (unpaired) electrons. The third-order valence-corrected chi connectivity index (χ3v) is 4.13. The van der Waals surface area contributed by atoms with Gasteiger partial charge in [-0.2, -0.15) is 0 Å². The highest BCUT2D eigenvalue weighted by Crippen LogP contribution is 2.33. The molecule has 2 N–H and O–H groups in total. The summed E-state index contributed by atoms with van der Waals surface area (Å²) in [5.41, 5.74) is 6.45. The molecule has 1 unspecified atom stereocenters. The Bertz CT molecular complexity index is 635. The van der Waals surface area contributed by atoms with Gasteiger partial charge in [0.15, 0.2) is 11.6 Å². The van der Waals surface area contributed by atoms with Gasteiger partial charge in [0.25, 0.3) is 0 Å². The van der Waals surface area contributed by atoms with E-state index >= 15 is 0 Å². The number of nitrogen functional groups attached to an aromatic ring is 1. The molecule has 1 aromatic heterocycles. The molecule has 0 aliphatic carbocycles. The number of fused-ring (bicyclic) bond motifs is 1. The van der Waals surface area contributed by atoms with Gasteiger partial charge in [0.1, 0.15) is 5.52 Å². The predicted molar refractivity (Wildman–Crippen MR) is 72.3 cm³/mol. The molecule has 6 heteroatoms. The lowest BCUT2D eigenvalue weighted by Gasteiger charge is -2.29. The van der Waals surface area contributed by atoms with Crippen LogP contribution < -0.4 is 5.73 Å². The van der Waals surface area contributed by atoms with Crippen molar-refractivity contribution in [3.8, 4) is 0 Å². The van der Waals surface area contributed by atoms with E-state index in [2.05, 4.69) is 4.98 Å². The summed E-state index contributed by atoms with van der Waals surface area (Å²) in [6, 6.07) is 2.49. The number of rotatable bonds is 2. The van der Waals surface area contributed by atoms with E-state index in [0.29, 0.717) is 24.6 Å². The molecule has 3 rings (SSSR count). The average molecular weight is 281 g/mol. The zero-order valence-corrected chi connectivity index (χ0v) is 11.3. The Labute approximate surface area is 115 Å². The van der Waals surface area contributed by atoms with E-state index in [1.54, 1.807) is 4.57 Å². The van der Waals surface area contributed by atoms with Gasteiger partial charge in [-0.05, 0) is 37.8 Å². The second-order valence-electron chi connectivity index (χ2n) is 5.26. The molecule has 4 nitrogen and oxygen atoms in total. The first-order chi connectivity index (χ1) is 9.59. The molecule has 0 saturated carbocycles. The van der Waals surface area contributed by atoms with Crippen molar-refractivity contribution in [2.24, 2.45) is 5.92 Å². The monoisotopic (exact) mass is 281 g/mol. The van der Waals surface area contributed by atoms with Crippen LogP contribution in [0, 0.1) is 17.6 Å². The molecule has 0 amide bonds. The number of aromatic nitrogens is 2. The first-order valence-electron chi connectivity index (χ1n) is 6.78. The highest BCUT2D eigenvalue weighted by atomic mass is 19.2. The summed E-state index contributed by atoms with van der Waals surface area (Å²) < 4.78 is 34.5. The van der Waals surface area contributed by atoms with Crippen molar-refractivity contribution < 1.29 is 13.5 Å². The van der Waals surface area contributed by atoms with E-state index in [4.69, 9.17) is 10.5 Å². The summed E-state index contributed by atoms with van der Waals surface area (Å²) in [5.74, 6) is -1.21. The minimum absolute atomic E-state index is 0.0415. The number of ether oxygens (including phenoxy) is 1. The second kappa shape index (κ2) is 5.01. The van der Waals surface area contributed by atoms with E-state index in [1.165, 1.54) is 6.07 Å². The molecular formula is C14H17F2N3O. The van der Waals surface area contributed by atoms with Crippen molar-refractivity contribution in [3.05, 3.63) is 23.8 Å². The van der Waals surface area contributed by atoms with Crippen LogP contribution in [0.25, 0.3) is 11.0 Å². The van der Waals surface area contributed by atoms with Gasteiger partial charge in [0.05, 0.1) is 5.52 Å². The van der Waals surface area contributed by atoms with Crippen molar-refractivity contribution in [2.45, 2.75) is 25.8 Å². The molecule has 1 aromatic carbocycles. The fraction of sp³-hybridized carbons (Fsp3) is 0.500. The number of imidazole rings is 1. The quantitative estimate of drug-likeness (QED) is 0.921. The number of nitrogens with two attached hydrogens (primary N) is 1. The number of hydrogen-bond donors (Lipinski definition) is 1. The second-order valence-corrected chi connectivity index (χ2v) is 5.26. The summed E-state index contributed by atoms with van der Waals surface area (Å²) in [4.78, 5) is 4.13. The van der Waals surface area contributed by atoms with Crippen molar-refractivity contribution >= 4 is 17.0 Å². The zero-order chi connectivity index (χ0) is 14.3. The maximum atomic E-state index is 14.1. The van der Waals surface area contributed by atoms with Gasteiger partial charge >= 0.3 is 0 Å². The SMILES string of the molecule is CC(C1CCOCC1)n1c(N)nc2ccc(F)c(F)c21. The normalized spacial score (nSPS) is 18.6. The van der Waals surface area contributed by atoms with Crippen LogP contribution in [0.2, 0.25) is 0 Å². The summed E-state index contributed by atoms with van der Waals surface area (Å²) in [6.45, 7) is 3.36. The molecule has 0 spiro atoms. The van der Waals surface area contributed by atoms with E-state index < -0.39 is 11.6 Å². The molecule has 20 heavy (non-hydrogen) atoms. The Kier molecular flexibility index (Phi) is 3.33. The summed E-state index contributed by atoms with van der Waals surface area (Å²) >= 11 is 0. The van der Waals surface area contributed by atoms with E-state index in [1.807, 2.05) is 6.92 Å². The van der Waals surface area contributed by atoms with Crippen LogP contribution >= 0.6 is 0 Å². The molecule has 1 aliphatic rings. The van der Waals surface area contributed by atoms with Crippen molar-refractivity contribution in [3.63, 3.8) is 0 Å². The van der Waals surface area contributed by atoms with Crippen molar-refractivity contribution in [1.82, 2.24) is 9.55 Å². The summed E-state index contributed by atoms with van der Waals surface area (Å²) in [6.07, 6.45) is 1.77. The van der Waals surface area contributed by atoms with Gasteiger partial charge in [0, 0.05) is 19.3 Å². The molecule has 1 saturated heterocycles. The van der Waals surface area contributed by atoms with Crippen LogP contribution in [0.4, 0.5) is 14.7 Å². The van der Waals surface area contributed by atoms with Crippen LogP contribution in [0.3, 0.4) is 0 Å². The number of nitrogens with zero attached hydrogens (tertiary/aromatic N) is 2. The Hall–Kier alpha value is -1.69. The van der Waals surface area contributed by atoms with E-state index in [9.17, 15) is 8.78 Å². The highest BCUT2D eigenvalue weighted by molar-refractivity contribution is 5.79. The standard InChI is InChI=1S/C14H17F2N3O/c1-8(9-4-6-20-7-5-9)19-13-11(18-14(19)17)3-2-10(15)12(13)16/h2-3,8-9H,4-7H2,1H3,(H2,17,18). The van der Waals surface area contributed by atoms with Crippen LogP contribution in [0.5, 0.6) is 0 Å². The Morgan fingerprint density at radius 3 is 2.75 bits per heavy atom. The molecule has 1 aliphatic heterocycles. The number of halogens is 2. The lowest BCUT2D eigenvalue weighted by atomic mass is 9.92. The van der Waals surface area contributed by atoms with Crippen molar-refractivity contribution in [1.29, 1.82) is 0 Å². The maximum absolute atomic E-state index is 14.1. The molecule has 1 atom stereocenters. The predicted octanol–water partition coefficient (Wildman–Crippen LogP) is 2.88. The molecule has 0 bridgehead atoms. The molecule has 1 fully saturated rings. The van der Waals surface area contributed by atoms with Crippen LogP contribution in [0.15, 0.2) is 12.1 Å². The van der Waals surface area contributed by atoms with Crippen molar-refractivity contribution in [2.75, 3.05) is 18.9 Å². The van der Waals surface area contributed by atoms with Gasteiger partial charge in [-0.3, -0.25) is 0 Å². The van der Waals surface area contributed by atoms with Crippen LogP contribution in [-0.2, 0) is 4.74 Å². The molecule has 2 heterocycles. The number of benzene rings is 1. The smallest absolute Gasteiger partial charge is 0.201 e. The first-order valence-corrected chi connectivity index (χ1v) is 6.78. The molecule has 108 valence electrons. The zero-order valence-electron chi connectivity index (χ0n) is 11.3. The number of anilines is 1. The minimum atomic E-state index is -0.884. The topological polar surface area (TPSA) is 53.1 Å². The lowest BCUT2D eigenvalue weighted by Crippen LogP contribution is -2.25. The van der Waals surface area contributed by atoms with Crippen LogP contribution in [0.1, 0.15) is 25.8 Å². The van der Waals surface area contributed by atoms with Crippen LogP contribution in [-0.4, -0.2) is 22.8 Å². The van der Waals surface area contributed by atoms with Gasteiger partial charge < -0.3 is 15.0 Å². The van der Waals surface area contributed by atoms with Gasteiger partial charge in [-0.15, -0.1) is 0 Å².